The number of nitrogens with one attached hydrogen (secondary N) is 1. The Morgan fingerprint density at radius 3 is 2.74 bits per heavy atom. The van der Waals surface area contributed by atoms with Crippen molar-refractivity contribution in [2.75, 3.05) is 13.1 Å². The van der Waals surface area contributed by atoms with Gasteiger partial charge in [-0.15, -0.1) is 0 Å². The van der Waals surface area contributed by atoms with Crippen LogP contribution in [0.4, 0.5) is 0 Å². The third kappa shape index (κ3) is 6.10. The molecule has 0 aliphatic carbocycles. The number of benzene rings is 1. The molecule has 0 bridgehead atoms. The molecule has 23 heavy (non-hydrogen) atoms. The molecule has 0 unspecified atom stereocenters. The van der Waals surface area contributed by atoms with Crippen molar-refractivity contribution in [2.24, 2.45) is 10.7 Å². The zero-order valence-corrected chi connectivity index (χ0v) is 13.8. The van der Waals surface area contributed by atoms with Crippen molar-refractivity contribution in [2.45, 2.75) is 39.0 Å². The van der Waals surface area contributed by atoms with Crippen LogP contribution in [0, 0.1) is 0 Å². The molecule has 1 aromatic heterocycles. The first kappa shape index (κ1) is 17.0. The summed E-state index contributed by atoms with van der Waals surface area (Å²) in [5.41, 5.74) is 7.13. The molecule has 0 aliphatic rings. The number of aromatic nitrogens is 2. The molecule has 0 amide bonds. The number of nitrogens with two attached hydrogens (primary N) is 1. The molecule has 6 nitrogen and oxygen atoms in total. The second kappa shape index (κ2) is 8.92. The summed E-state index contributed by atoms with van der Waals surface area (Å²) in [6.45, 7) is 5.51. The molecule has 2 rings (SSSR count). The quantitative estimate of drug-likeness (QED) is 0.443. The van der Waals surface area contributed by atoms with E-state index in [9.17, 15) is 0 Å². The smallest absolute Gasteiger partial charge is 0.226 e. The molecule has 1 heterocycles. The van der Waals surface area contributed by atoms with Gasteiger partial charge in [0.2, 0.25) is 5.89 Å². The van der Waals surface area contributed by atoms with E-state index >= 15 is 0 Å². The lowest BCUT2D eigenvalue weighted by molar-refractivity contribution is 0.369. The number of aliphatic imine (C=N–C) groups is 1. The molecule has 0 atom stereocenters. The van der Waals surface area contributed by atoms with Crippen LogP contribution in [-0.2, 0) is 12.8 Å². The molecule has 0 saturated carbocycles. The first-order valence-corrected chi connectivity index (χ1v) is 8.05. The average molecular weight is 315 g/mol. The van der Waals surface area contributed by atoms with Gasteiger partial charge >= 0.3 is 0 Å². The Balaban J connectivity index is 1.62. The van der Waals surface area contributed by atoms with Gasteiger partial charge in [0.05, 0.1) is 0 Å². The van der Waals surface area contributed by atoms with Crippen molar-refractivity contribution in [3.8, 4) is 0 Å². The number of guanidine groups is 1. The van der Waals surface area contributed by atoms with Crippen molar-refractivity contribution < 1.29 is 4.52 Å². The summed E-state index contributed by atoms with van der Waals surface area (Å²) in [6, 6.07) is 10.3. The Morgan fingerprint density at radius 2 is 2.04 bits per heavy atom. The van der Waals surface area contributed by atoms with Gasteiger partial charge in [-0.25, -0.2) is 0 Å². The number of nitrogens with zero attached hydrogens (tertiary/aromatic N) is 3. The SMILES string of the molecule is CC(C)c1noc(CCCN=C(N)NCCc2ccccc2)n1. The van der Waals surface area contributed by atoms with E-state index in [0.717, 1.165) is 31.6 Å². The molecule has 0 fully saturated rings. The van der Waals surface area contributed by atoms with Crippen LogP contribution in [0.3, 0.4) is 0 Å². The van der Waals surface area contributed by atoms with Crippen LogP contribution in [0.5, 0.6) is 0 Å². The van der Waals surface area contributed by atoms with Crippen LogP contribution >= 0.6 is 0 Å². The standard InChI is InChI=1S/C17H25N5O/c1-13(2)16-21-15(23-22-16)9-6-11-19-17(18)20-12-10-14-7-4-3-5-8-14/h3-5,7-8,13H,6,9-12H2,1-2H3,(H3,18,19,20). The van der Waals surface area contributed by atoms with E-state index in [2.05, 4.69) is 32.6 Å². The van der Waals surface area contributed by atoms with Gasteiger partial charge in [0, 0.05) is 25.4 Å². The minimum atomic E-state index is 0.287. The molecule has 0 spiro atoms. The van der Waals surface area contributed by atoms with Gasteiger partial charge in [0.1, 0.15) is 0 Å². The molecule has 0 saturated heterocycles. The maximum atomic E-state index is 5.85. The second-order valence-corrected chi connectivity index (χ2v) is 5.73. The maximum Gasteiger partial charge on any atom is 0.226 e. The van der Waals surface area contributed by atoms with Crippen molar-refractivity contribution in [3.63, 3.8) is 0 Å². The van der Waals surface area contributed by atoms with Crippen LogP contribution in [-0.4, -0.2) is 29.2 Å². The van der Waals surface area contributed by atoms with E-state index in [1.165, 1.54) is 5.56 Å². The Labute approximate surface area is 137 Å². The first-order valence-electron chi connectivity index (χ1n) is 8.05. The van der Waals surface area contributed by atoms with Crippen molar-refractivity contribution >= 4 is 5.96 Å². The maximum absolute atomic E-state index is 5.85. The molecule has 3 N–H and O–H groups in total. The summed E-state index contributed by atoms with van der Waals surface area (Å²) in [5, 5.41) is 7.07. The number of rotatable bonds is 8. The van der Waals surface area contributed by atoms with Gasteiger partial charge in [-0.1, -0.05) is 49.3 Å². The molecular weight excluding hydrogens is 290 g/mol. The molecule has 0 radical (unpaired) electrons. The zero-order chi connectivity index (χ0) is 16.5. The molecule has 2 aromatic rings. The van der Waals surface area contributed by atoms with Crippen molar-refractivity contribution in [3.05, 3.63) is 47.6 Å². The lowest BCUT2D eigenvalue weighted by Gasteiger charge is -2.05. The number of hydrogen-bond acceptors (Lipinski definition) is 4. The average Bonchev–Trinajstić information content (AvgIpc) is 3.02. The lowest BCUT2D eigenvalue weighted by Crippen LogP contribution is -2.33. The summed E-state index contributed by atoms with van der Waals surface area (Å²) in [4.78, 5) is 8.64. The highest BCUT2D eigenvalue weighted by molar-refractivity contribution is 5.77. The Morgan fingerprint density at radius 1 is 1.26 bits per heavy atom. The fraction of sp³-hybridized carbons (Fsp3) is 0.471. The summed E-state index contributed by atoms with van der Waals surface area (Å²) in [7, 11) is 0. The zero-order valence-electron chi connectivity index (χ0n) is 13.8. The Kier molecular flexibility index (Phi) is 6.59. The van der Waals surface area contributed by atoms with Gasteiger partial charge < -0.3 is 15.6 Å². The number of hydrogen-bond donors (Lipinski definition) is 2. The van der Waals surface area contributed by atoms with Crippen molar-refractivity contribution in [1.82, 2.24) is 15.5 Å². The summed E-state index contributed by atoms with van der Waals surface area (Å²) >= 11 is 0. The van der Waals surface area contributed by atoms with Crippen molar-refractivity contribution in [1.29, 1.82) is 0 Å². The van der Waals surface area contributed by atoms with Crippen LogP contribution in [0.25, 0.3) is 0 Å². The second-order valence-electron chi connectivity index (χ2n) is 5.73. The summed E-state index contributed by atoms with van der Waals surface area (Å²) < 4.78 is 5.19. The fourth-order valence-electron chi connectivity index (χ4n) is 2.07. The monoisotopic (exact) mass is 315 g/mol. The Hall–Kier alpha value is -2.37. The Bertz CT molecular complexity index is 606. The molecular formula is C17H25N5O. The van der Waals surface area contributed by atoms with Crippen LogP contribution < -0.4 is 11.1 Å². The normalized spacial score (nSPS) is 11.9. The molecule has 6 heteroatoms. The highest BCUT2D eigenvalue weighted by Crippen LogP contribution is 2.10. The molecule has 124 valence electrons. The van der Waals surface area contributed by atoms with E-state index < -0.39 is 0 Å². The van der Waals surface area contributed by atoms with E-state index in [0.29, 0.717) is 18.4 Å². The molecule has 1 aromatic carbocycles. The first-order chi connectivity index (χ1) is 11.1. The van der Waals surface area contributed by atoms with Gasteiger partial charge in [-0.05, 0) is 18.4 Å². The topological polar surface area (TPSA) is 89.3 Å². The van der Waals surface area contributed by atoms with Gasteiger partial charge in [0.15, 0.2) is 11.8 Å². The highest BCUT2D eigenvalue weighted by Gasteiger charge is 2.08. The minimum Gasteiger partial charge on any atom is -0.370 e. The van der Waals surface area contributed by atoms with E-state index in [-0.39, 0.29) is 5.92 Å². The van der Waals surface area contributed by atoms with E-state index in [1.54, 1.807) is 0 Å². The third-order valence-corrected chi connectivity index (χ3v) is 3.39. The summed E-state index contributed by atoms with van der Waals surface area (Å²) in [5.74, 6) is 2.19. The van der Waals surface area contributed by atoms with Gasteiger partial charge in [-0.3, -0.25) is 4.99 Å². The van der Waals surface area contributed by atoms with E-state index in [4.69, 9.17) is 10.3 Å². The minimum absolute atomic E-state index is 0.287. The summed E-state index contributed by atoms with van der Waals surface area (Å²) in [6.07, 6.45) is 2.48. The van der Waals surface area contributed by atoms with Gasteiger partial charge in [0.25, 0.3) is 0 Å². The van der Waals surface area contributed by atoms with Gasteiger partial charge in [-0.2, -0.15) is 4.98 Å². The lowest BCUT2D eigenvalue weighted by atomic mass is 10.1. The van der Waals surface area contributed by atoms with E-state index in [1.807, 2.05) is 32.0 Å². The highest BCUT2D eigenvalue weighted by atomic mass is 16.5. The molecule has 0 aliphatic heterocycles. The predicted octanol–water partition coefficient (Wildman–Crippen LogP) is 2.27. The number of aryl methyl sites for hydroxylation is 1. The fourth-order valence-corrected chi connectivity index (χ4v) is 2.07. The van der Waals surface area contributed by atoms with Crippen LogP contribution in [0.15, 0.2) is 39.8 Å². The van der Waals surface area contributed by atoms with Crippen LogP contribution in [0.1, 0.15) is 43.5 Å². The predicted molar refractivity (Wildman–Crippen MR) is 91.3 cm³/mol. The third-order valence-electron chi connectivity index (χ3n) is 3.39. The van der Waals surface area contributed by atoms with Crippen LogP contribution in [0.2, 0.25) is 0 Å². The largest absolute Gasteiger partial charge is 0.370 e.